The highest BCUT2D eigenvalue weighted by Crippen LogP contribution is 2.18. The number of sulfonamides is 1. The molecule has 1 N–H and O–H groups in total. The van der Waals surface area contributed by atoms with Crippen LogP contribution >= 0.6 is 0 Å². The van der Waals surface area contributed by atoms with Crippen LogP contribution in [-0.2, 0) is 19.6 Å². The van der Waals surface area contributed by atoms with E-state index in [0.29, 0.717) is 5.69 Å². The molecule has 0 unspecified atom stereocenters. The molecule has 1 heterocycles. The molecule has 0 bridgehead atoms. The van der Waals surface area contributed by atoms with Crippen molar-refractivity contribution in [2.75, 3.05) is 19.4 Å². The third kappa shape index (κ3) is 5.10. The summed E-state index contributed by atoms with van der Waals surface area (Å²) in [6.45, 7) is 1.42. The predicted molar refractivity (Wildman–Crippen MR) is 110 cm³/mol. The Labute approximate surface area is 178 Å². The van der Waals surface area contributed by atoms with E-state index in [-0.39, 0.29) is 16.1 Å². The fourth-order valence-electron chi connectivity index (χ4n) is 2.50. The average molecular weight is 444 g/mol. The van der Waals surface area contributed by atoms with Gasteiger partial charge in [0, 0.05) is 19.8 Å². The van der Waals surface area contributed by atoms with Crippen molar-refractivity contribution in [2.45, 2.75) is 17.9 Å². The van der Waals surface area contributed by atoms with Crippen molar-refractivity contribution >= 4 is 27.6 Å². The van der Waals surface area contributed by atoms with Crippen LogP contribution in [-0.4, -0.2) is 65.0 Å². The van der Waals surface area contributed by atoms with Gasteiger partial charge in [-0.15, -0.1) is 5.10 Å². The quantitative estimate of drug-likeness (QED) is 0.535. The predicted octanol–water partition coefficient (Wildman–Crippen LogP) is 1.10. The normalized spacial score (nSPS) is 12.4. The molecule has 0 spiro atoms. The number of carbonyl (C=O) groups is 2. The third-order valence-corrected chi connectivity index (χ3v) is 6.06. The number of tetrazole rings is 1. The maximum Gasteiger partial charge on any atom is 0.338 e. The van der Waals surface area contributed by atoms with Gasteiger partial charge >= 0.3 is 5.97 Å². The highest BCUT2D eigenvalue weighted by atomic mass is 32.2. The number of ether oxygens (including phenoxy) is 1. The second-order valence-electron chi connectivity index (χ2n) is 6.65. The van der Waals surface area contributed by atoms with Crippen molar-refractivity contribution in [3.8, 4) is 5.69 Å². The van der Waals surface area contributed by atoms with Gasteiger partial charge in [0.05, 0.1) is 16.1 Å². The van der Waals surface area contributed by atoms with E-state index in [9.17, 15) is 18.0 Å². The number of nitrogens with one attached hydrogen (secondary N) is 1. The van der Waals surface area contributed by atoms with E-state index in [1.165, 1.54) is 62.4 Å². The lowest BCUT2D eigenvalue weighted by molar-refractivity contribution is -0.123. The average Bonchev–Trinajstić information content (AvgIpc) is 3.28. The van der Waals surface area contributed by atoms with E-state index in [1.54, 1.807) is 18.2 Å². The molecule has 0 saturated carbocycles. The van der Waals surface area contributed by atoms with Crippen LogP contribution < -0.4 is 5.32 Å². The monoisotopic (exact) mass is 444 g/mol. The molecule has 162 valence electrons. The summed E-state index contributed by atoms with van der Waals surface area (Å²) in [4.78, 5) is 24.8. The topological polar surface area (TPSA) is 136 Å². The van der Waals surface area contributed by atoms with E-state index in [2.05, 4.69) is 20.8 Å². The maximum absolute atomic E-state index is 12.4. The van der Waals surface area contributed by atoms with Gasteiger partial charge in [0.15, 0.2) is 6.10 Å². The van der Waals surface area contributed by atoms with Crippen molar-refractivity contribution in [3.63, 3.8) is 0 Å². The summed E-state index contributed by atoms with van der Waals surface area (Å²) in [5.74, 6) is -1.28. The molecule has 1 amide bonds. The number of aromatic nitrogens is 4. The van der Waals surface area contributed by atoms with Crippen LogP contribution in [0.15, 0.2) is 59.8 Å². The fourth-order valence-corrected chi connectivity index (χ4v) is 3.45. The molecule has 0 saturated heterocycles. The van der Waals surface area contributed by atoms with Gasteiger partial charge in [0.1, 0.15) is 6.33 Å². The Morgan fingerprint density at radius 3 is 2.45 bits per heavy atom. The molecule has 11 nitrogen and oxygen atoms in total. The first-order chi connectivity index (χ1) is 14.7. The molecule has 0 aliphatic rings. The molecular weight excluding hydrogens is 424 g/mol. The van der Waals surface area contributed by atoms with Gasteiger partial charge in [-0.1, -0.05) is 6.07 Å². The molecule has 3 rings (SSSR count). The molecule has 1 aromatic heterocycles. The van der Waals surface area contributed by atoms with Gasteiger partial charge < -0.3 is 10.1 Å². The Kier molecular flexibility index (Phi) is 6.42. The minimum atomic E-state index is -3.65. The fraction of sp³-hybridized carbons (Fsp3) is 0.211. The molecule has 2 aromatic carbocycles. The lowest BCUT2D eigenvalue weighted by Crippen LogP contribution is -2.30. The van der Waals surface area contributed by atoms with Crippen LogP contribution in [0.4, 0.5) is 5.69 Å². The van der Waals surface area contributed by atoms with Crippen molar-refractivity contribution < 1.29 is 22.7 Å². The second kappa shape index (κ2) is 9.02. The molecule has 0 aliphatic carbocycles. The number of hydrogen-bond acceptors (Lipinski definition) is 8. The van der Waals surface area contributed by atoms with Crippen molar-refractivity contribution in [2.24, 2.45) is 0 Å². The Bertz CT molecular complexity index is 1180. The zero-order valence-electron chi connectivity index (χ0n) is 17.0. The van der Waals surface area contributed by atoms with Gasteiger partial charge in [-0.2, -0.15) is 0 Å². The first-order valence-electron chi connectivity index (χ1n) is 9.06. The summed E-state index contributed by atoms with van der Waals surface area (Å²) in [5.41, 5.74) is 1.16. The molecule has 0 aliphatic heterocycles. The van der Waals surface area contributed by atoms with Crippen molar-refractivity contribution in [1.82, 2.24) is 24.5 Å². The summed E-state index contributed by atoms with van der Waals surface area (Å²) in [7, 11) is -0.819. The Morgan fingerprint density at radius 2 is 1.84 bits per heavy atom. The number of benzene rings is 2. The highest BCUT2D eigenvalue weighted by molar-refractivity contribution is 7.89. The third-order valence-electron chi connectivity index (χ3n) is 4.25. The molecular formula is C19H20N6O5S. The first-order valence-corrected chi connectivity index (χ1v) is 10.5. The van der Waals surface area contributed by atoms with Crippen LogP contribution in [0.2, 0.25) is 0 Å². The second-order valence-corrected chi connectivity index (χ2v) is 8.81. The van der Waals surface area contributed by atoms with E-state index < -0.39 is 28.0 Å². The van der Waals surface area contributed by atoms with E-state index in [0.717, 1.165) is 4.31 Å². The van der Waals surface area contributed by atoms with Gasteiger partial charge in [-0.05, 0) is 59.8 Å². The number of anilines is 1. The summed E-state index contributed by atoms with van der Waals surface area (Å²) in [6, 6.07) is 12.1. The maximum atomic E-state index is 12.4. The number of amides is 1. The first kappa shape index (κ1) is 22.1. The lowest BCUT2D eigenvalue weighted by atomic mass is 10.2. The van der Waals surface area contributed by atoms with Crippen molar-refractivity contribution in [1.29, 1.82) is 0 Å². The Morgan fingerprint density at radius 1 is 1.13 bits per heavy atom. The van der Waals surface area contributed by atoms with Gasteiger partial charge in [0.25, 0.3) is 5.91 Å². The molecule has 3 aromatic rings. The van der Waals surface area contributed by atoms with Crippen LogP contribution in [0.1, 0.15) is 17.3 Å². The highest BCUT2D eigenvalue weighted by Gasteiger charge is 2.21. The van der Waals surface area contributed by atoms with Gasteiger partial charge in [-0.25, -0.2) is 22.2 Å². The molecule has 0 radical (unpaired) electrons. The number of carbonyl (C=O) groups excluding carboxylic acids is 2. The molecule has 0 fully saturated rings. The van der Waals surface area contributed by atoms with E-state index in [4.69, 9.17) is 4.74 Å². The van der Waals surface area contributed by atoms with Crippen LogP contribution in [0.25, 0.3) is 5.69 Å². The summed E-state index contributed by atoms with van der Waals surface area (Å²) in [5, 5.41) is 13.4. The minimum absolute atomic E-state index is 0.0302. The number of hydrogen-bond donors (Lipinski definition) is 1. The van der Waals surface area contributed by atoms with Gasteiger partial charge in [-0.3, -0.25) is 4.79 Å². The summed E-state index contributed by atoms with van der Waals surface area (Å²) in [6.07, 6.45) is 0.305. The molecule has 31 heavy (non-hydrogen) atoms. The van der Waals surface area contributed by atoms with Crippen LogP contribution in [0, 0.1) is 0 Å². The smallest absolute Gasteiger partial charge is 0.338 e. The summed E-state index contributed by atoms with van der Waals surface area (Å²) < 4.78 is 32.2. The number of nitrogens with zero attached hydrogens (tertiary/aromatic N) is 5. The summed E-state index contributed by atoms with van der Waals surface area (Å²) >= 11 is 0. The van der Waals surface area contributed by atoms with Crippen LogP contribution in [0.5, 0.6) is 0 Å². The van der Waals surface area contributed by atoms with Crippen LogP contribution in [0.3, 0.4) is 0 Å². The molecule has 12 heteroatoms. The number of rotatable bonds is 7. The minimum Gasteiger partial charge on any atom is -0.449 e. The lowest BCUT2D eigenvalue weighted by Gasteiger charge is -2.15. The largest absolute Gasteiger partial charge is 0.449 e. The molecule has 1 atom stereocenters. The van der Waals surface area contributed by atoms with Crippen molar-refractivity contribution in [3.05, 3.63) is 60.4 Å². The zero-order valence-corrected chi connectivity index (χ0v) is 17.8. The Balaban J connectivity index is 1.64. The van der Waals surface area contributed by atoms with E-state index in [1.807, 2.05) is 0 Å². The standard InChI is InChI=1S/C19H20N6O5S/c1-13(18(26)21-15-5-4-6-17(11-15)31(28,29)24(2)3)30-19(27)14-7-9-16(10-8-14)25-12-20-22-23-25/h4-13H,1-3H3,(H,21,26)/t13-/m1/s1. The van der Waals surface area contributed by atoms with E-state index >= 15 is 0 Å². The van der Waals surface area contributed by atoms with Gasteiger partial charge in [0.2, 0.25) is 10.0 Å². The number of esters is 1. The Hall–Kier alpha value is -3.64. The SMILES string of the molecule is C[C@@H](OC(=O)c1ccc(-n2cnnn2)cc1)C(=O)Nc1cccc(S(=O)(=O)N(C)C)c1. The zero-order chi connectivity index (χ0) is 22.6.